The van der Waals surface area contributed by atoms with Crippen LogP contribution in [0, 0.1) is 19.7 Å². The van der Waals surface area contributed by atoms with Crippen molar-refractivity contribution in [3.05, 3.63) is 46.9 Å². The first-order valence-electron chi connectivity index (χ1n) is 6.76. The summed E-state index contributed by atoms with van der Waals surface area (Å²) in [4.78, 5) is 6.08. The molecule has 0 bridgehead atoms. The van der Waals surface area contributed by atoms with Gasteiger partial charge in [0.2, 0.25) is 0 Å². The highest BCUT2D eigenvalue weighted by Gasteiger charge is 2.11. The fraction of sp³-hybridized carbons (Fsp3) is 0.467. The predicted molar refractivity (Wildman–Crippen MR) is 74.8 cm³/mol. The van der Waals surface area contributed by atoms with Crippen LogP contribution >= 0.6 is 0 Å². The predicted octanol–water partition coefficient (Wildman–Crippen LogP) is 2.89. The van der Waals surface area contributed by atoms with Crippen LogP contribution in [-0.2, 0) is 13.0 Å². The Morgan fingerprint density at radius 1 is 1.30 bits per heavy atom. The lowest BCUT2D eigenvalue weighted by atomic mass is 10.1. The Morgan fingerprint density at radius 2 is 2.10 bits per heavy atom. The molecule has 0 aromatic carbocycles. The van der Waals surface area contributed by atoms with Crippen LogP contribution in [0.4, 0.5) is 4.39 Å². The number of aromatic nitrogens is 2. The summed E-state index contributed by atoms with van der Waals surface area (Å²) in [5, 5.41) is 3.96. The lowest BCUT2D eigenvalue weighted by molar-refractivity contribution is 0.318. The van der Waals surface area contributed by atoms with E-state index in [1.807, 2.05) is 13.8 Å². The van der Waals surface area contributed by atoms with Gasteiger partial charge in [-0.25, -0.2) is 4.39 Å². The lowest BCUT2D eigenvalue weighted by Crippen LogP contribution is -2.20. The highest BCUT2D eigenvalue weighted by atomic mass is 19.1. The largest absolute Gasteiger partial charge is 0.361 e. The first kappa shape index (κ1) is 14.7. The number of halogens is 1. The van der Waals surface area contributed by atoms with Crippen molar-refractivity contribution in [2.75, 3.05) is 13.6 Å². The van der Waals surface area contributed by atoms with Crippen molar-refractivity contribution in [2.45, 2.75) is 33.2 Å². The second-order valence-corrected chi connectivity index (χ2v) is 5.16. The van der Waals surface area contributed by atoms with E-state index < -0.39 is 0 Å². The average molecular weight is 277 g/mol. The van der Waals surface area contributed by atoms with Crippen LogP contribution in [0.25, 0.3) is 0 Å². The molecular formula is C15H20FN3O. The second-order valence-electron chi connectivity index (χ2n) is 5.16. The summed E-state index contributed by atoms with van der Waals surface area (Å²) < 4.78 is 18.2. The zero-order chi connectivity index (χ0) is 14.5. The minimum absolute atomic E-state index is 0.272. The molecule has 0 aliphatic heterocycles. The summed E-state index contributed by atoms with van der Waals surface area (Å²) in [6.45, 7) is 5.64. The van der Waals surface area contributed by atoms with Crippen LogP contribution in [0.5, 0.6) is 0 Å². The third kappa shape index (κ3) is 3.87. The number of rotatable bonds is 6. The van der Waals surface area contributed by atoms with Gasteiger partial charge in [-0.3, -0.25) is 4.98 Å². The summed E-state index contributed by atoms with van der Waals surface area (Å²) in [5.41, 5.74) is 3.04. The van der Waals surface area contributed by atoms with Crippen LogP contribution < -0.4 is 0 Å². The monoisotopic (exact) mass is 277 g/mol. The topological polar surface area (TPSA) is 42.2 Å². The molecular weight excluding hydrogens is 257 g/mol. The number of pyridine rings is 1. The average Bonchev–Trinajstić information content (AvgIpc) is 2.71. The molecule has 0 N–H and O–H groups in total. The smallest absolute Gasteiger partial charge is 0.141 e. The summed E-state index contributed by atoms with van der Waals surface area (Å²) in [5.74, 6) is 0.607. The molecule has 108 valence electrons. The van der Waals surface area contributed by atoms with E-state index in [4.69, 9.17) is 4.52 Å². The zero-order valence-electron chi connectivity index (χ0n) is 12.2. The Kier molecular flexibility index (Phi) is 4.84. The van der Waals surface area contributed by atoms with Gasteiger partial charge in [0.15, 0.2) is 0 Å². The molecule has 0 aliphatic rings. The molecule has 2 heterocycles. The fourth-order valence-electron chi connectivity index (χ4n) is 2.22. The van der Waals surface area contributed by atoms with Crippen molar-refractivity contribution in [1.29, 1.82) is 0 Å². The van der Waals surface area contributed by atoms with Crippen molar-refractivity contribution in [1.82, 2.24) is 15.0 Å². The van der Waals surface area contributed by atoms with Gasteiger partial charge in [-0.05, 0) is 51.9 Å². The molecule has 0 saturated heterocycles. The molecule has 20 heavy (non-hydrogen) atoms. The number of nitrogens with zero attached hydrogens (tertiary/aromatic N) is 3. The Labute approximate surface area is 118 Å². The maximum Gasteiger partial charge on any atom is 0.141 e. The van der Waals surface area contributed by atoms with Crippen molar-refractivity contribution < 1.29 is 8.91 Å². The van der Waals surface area contributed by atoms with Crippen molar-refractivity contribution >= 4 is 0 Å². The van der Waals surface area contributed by atoms with Crippen LogP contribution in [0.2, 0.25) is 0 Å². The quantitative estimate of drug-likeness (QED) is 0.814. The van der Waals surface area contributed by atoms with Gasteiger partial charge in [0.1, 0.15) is 11.6 Å². The van der Waals surface area contributed by atoms with Crippen LogP contribution in [0.3, 0.4) is 0 Å². The Morgan fingerprint density at radius 3 is 2.75 bits per heavy atom. The van der Waals surface area contributed by atoms with E-state index in [0.29, 0.717) is 0 Å². The third-order valence-electron chi connectivity index (χ3n) is 3.38. The molecule has 2 aromatic heterocycles. The van der Waals surface area contributed by atoms with Crippen LogP contribution in [0.1, 0.15) is 29.0 Å². The van der Waals surface area contributed by atoms with Crippen molar-refractivity contribution in [3.8, 4) is 0 Å². The SMILES string of the molecule is Cc1noc(C)c1CN(C)CCCc1cncc(F)c1. The minimum atomic E-state index is -0.272. The molecule has 0 saturated carbocycles. The van der Waals surface area contributed by atoms with E-state index in [2.05, 4.69) is 22.1 Å². The van der Waals surface area contributed by atoms with Gasteiger partial charge in [-0.1, -0.05) is 5.16 Å². The Hall–Kier alpha value is -1.75. The first-order chi connectivity index (χ1) is 9.56. The third-order valence-corrected chi connectivity index (χ3v) is 3.38. The second kappa shape index (κ2) is 6.61. The first-order valence-corrected chi connectivity index (χ1v) is 6.76. The molecule has 2 rings (SSSR count). The van der Waals surface area contributed by atoms with Gasteiger partial charge >= 0.3 is 0 Å². The molecule has 2 aromatic rings. The summed E-state index contributed by atoms with van der Waals surface area (Å²) in [6.07, 6.45) is 4.74. The molecule has 0 spiro atoms. The molecule has 0 aliphatic carbocycles. The molecule has 0 unspecified atom stereocenters. The van der Waals surface area contributed by atoms with E-state index in [0.717, 1.165) is 48.5 Å². The van der Waals surface area contributed by atoms with Crippen molar-refractivity contribution in [2.24, 2.45) is 0 Å². The molecule has 0 amide bonds. The highest BCUT2D eigenvalue weighted by Crippen LogP contribution is 2.14. The Bertz CT molecular complexity index is 548. The molecule has 0 radical (unpaired) electrons. The number of hydrogen-bond donors (Lipinski definition) is 0. The zero-order valence-corrected chi connectivity index (χ0v) is 12.2. The van der Waals surface area contributed by atoms with E-state index in [9.17, 15) is 4.39 Å². The summed E-state index contributed by atoms with van der Waals surface area (Å²) in [7, 11) is 2.07. The van der Waals surface area contributed by atoms with Gasteiger partial charge in [0.05, 0.1) is 11.9 Å². The van der Waals surface area contributed by atoms with Gasteiger partial charge < -0.3 is 9.42 Å². The highest BCUT2D eigenvalue weighted by molar-refractivity contribution is 5.20. The fourth-order valence-corrected chi connectivity index (χ4v) is 2.22. The van der Waals surface area contributed by atoms with Crippen LogP contribution in [0.15, 0.2) is 23.0 Å². The maximum atomic E-state index is 13.0. The Balaban J connectivity index is 1.80. The van der Waals surface area contributed by atoms with Gasteiger partial charge in [-0.2, -0.15) is 0 Å². The summed E-state index contributed by atoms with van der Waals surface area (Å²) >= 11 is 0. The minimum Gasteiger partial charge on any atom is -0.361 e. The number of aryl methyl sites for hydroxylation is 3. The molecule has 0 atom stereocenters. The maximum absolute atomic E-state index is 13.0. The van der Waals surface area contributed by atoms with Crippen molar-refractivity contribution in [3.63, 3.8) is 0 Å². The van der Waals surface area contributed by atoms with Gasteiger partial charge in [-0.15, -0.1) is 0 Å². The van der Waals surface area contributed by atoms with Crippen LogP contribution in [-0.4, -0.2) is 28.6 Å². The van der Waals surface area contributed by atoms with E-state index >= 15 is 0 Å². The molecule has 0 fully saturated rings. The molecule has 4 nitrogen and oxygen atoms in total. The van der Waals surface area contributed by atoms with E-state index in [1.54, 1.807) is 12.3 Å². The number of hydrogen-bond acceptors (Lipinski definition) is 4. The standard InChI is InChI=1S/C15H20FN3O/c1-11-15(12(2)20-18-11)10-19(3)6-4-5-13-7-14(16)9-17-8-13/h7-9H,4-6,10H2,1-3H3. The van der Waals surface area contributed by atoms with E-state index in [-0.39, 0.29) is 5.82 Å². The lowest BCUT2D eigenvalue weighted by Gasteiger charge is -2.16. The summed E-state index contributed by atoms with van der Waals surface area (Å²) in [6, 6.07) is 1.54. The van der Waals surface area contributed by atoms with Gasteiger partial charge in [0, 0.05) is 18.3 Å². The van der Waals surface area contributed by atoms with E-state index in [1.165, 1.54) is 6.20 Å². The van der Waals surface area contributed by atoms with Gasteiger partial charge in [0.25, 0.3) is 0 Å². The molecule has 5 heteroatoms. The normalized spacial score (nSPS) is 11.2.